The number of nitrogens with one attached hydrogen (secondary N) is 2. The van der Waals surface area contributed by atoms with Crippen molar-refractivity contribution < 1.29 is 23.9 Å². The second kappa shape index (κ2) is 10.9. The third kappa shape index (κ3) is 10.6. The fourth-order valence-electron chi connectivity index (χ4n) is 2.77. The molecule has 0 bridgehead atoms. The number of ether oxygens (including phenoxy) is 1. The van der Waals surface area contributed by atoms with Crippen LogP contribution in [0.2, 0.25) is 0 Å². The molecule has 0 aromatic rings. The van der Waals surface area contributed by atoms with Crippen molar-refractivity contribution in [3.8, 4) is 0 Å². The molecule has 0 saturated carbocycles. The summed E-state index contributed by atoms with van der Waals surface area (Å²) >= 11 is 0. The van der Waals surface area contributed by atoms with E-state index in [0.717, 1.165) is 12.8 Å². The molecule has 8 nitrogen and oxygen atoms in total. The molecule has 1 aliphatic heterocycles. The maximum Gasteiger partial charge on any atom is 0.407 e. The van der Waals surface area contributed by atoms with E-state index >= 15 is 0 Å². The van der Waals surface area contributed by atoms with Crippen LogP contribution in [0.15, 0.2) is 0 Å². The van der Waals surface area contributed by atoms with Crippen molar-refractivity contribution in [3.05, 3.63) is 0 Å². The van der Waals surface area contributed by atoms with E-state index in [1.54, 1.807) is 25.7 Å². The van der Waals surface area contributed by atoms with Gasteiger partial charge in [-0.3, -0.25) is 9.59 Å². The number of piperidine rings is 1. The zero-order valence-electron chi connectivity index (χ0n) is 16.9. The van der Waals surface area contributed by atoms with E-state index in [1.807, 2.05) is 0 Å². The molecule has 3 amide bonds. The fraction of sp³-hybridized carbons (Fsp3) is 0.789. The molecular formula is C19H33N3O5. The predicted octanol–water partition coefficient (Wildman–Crippen LogP) is 1.63. The average molecular weight is 383 g/mol. The molecule has 1 heterocycles. The molecule has 27 heavy (non-hydrogen) atoms. The summed E-state index contributed by atoms with van der Waals surface area (Å²) in [4.78, 5) is 48.1. The highest BCUT2D eigenvalue weighted by Crippen LogP contribution is 2.17. The first kappa shape index (κ1) is 22.9. The van der Waals surface area contributed by atoms with Gasteiger partial charge in [0.05, 0.1) is 0 Å². The summed E-state index contributed by atoms with van der Waals surface area (Å²) in [5, 5.41) is 5.45. The first-order chi connectivity index (χ1) is 12.6. The highest BCUT2D eigenvalue weighted by Gasteiger charge is 2.23. The van der Waals surface area contributed by atoms with Gasteiger partial charge in [-0.2, -0.15) is 0 Å². The van der Waals surface area contributed by atoms with E-state index in [4.69, 9.17) is 4.74 Å². The van der Waals surface area contributed by atoms with E-state index in [9.17, 15) is 19.2 Å². The number of carbonyl (C=O) groups is 4. The van der Waals surface area contributed by atoms with Crippen molar-refractivity contribution in [1.82, 2.24) is 15.5 Å². The standard InChI is InChI=1S/C19H33N3O5/c1-14(23)5-6-16(24)21-13-15-8-11-22(12-9-15)17(25)7-10-20-18(26)27-19(2,3)4/h15H,5-13H2,1-4H3,(H,20,26)(H,21,24). The Bertz CT molecular complexity index is 534. The lowest BCUT2D eigenvalue weighted by molar-refractivity contribution is -0.132. The molecule has 0 atom stereocenters. The Balaban J connectivity index is 2.18. The van der Waals surface area contributed by atoms with Crippen molar-refractivity contribution in [3.63, 3.8) is 0 Å². The molecule has 1 rings (SSSR count). The Morgan fingerprint density at radius 2 is 1.63 bits per heavy atom. The Morgan fingerprint density at radius 3 is 2.19 bits per heavy atom. The van der Waals surface area contributed by atoms with Gasteiger partial charge < -0.3 is 25.1 Å². The molecular weight excluding hydrogens is 350 g/mol. The number of alkyl carbamates (subject to hydrolysis) is 1. The van der Waals surface area contributed by atoms with E-state index in [-0.39, 0.29) is 43.4 Å². The molecule has 0 aromatic heterocycles. The van der Waals surface area contributed by atoms with Crippen LogP contribution in [0, 0.1) is 5.92 Å². The largest absolute Gasteiger partial charge is 0.444 e. The SMILES string of the molecule is CC(=O)CCC(=O)NCC1CCN(C(=O)CCNC(=O)OC(C)(C)C)CC1. The molecule has 0 unspecified atom stereocenters. The molecule has 0 aromatic carbocycles. The number of nitrogens with zero attached hydrogens (tertiary/aromatic N) is 1. The van der Waals surface area contributed by atoms with Gasteiger partial charge in [-0.1, -0.05) is 0 Å². The van der Waals surface area contributed by atoms with Gasteiger partial charge in [-0.05, 0) is 46.5 Å². The van der Waals surface area contributed by atoms with Gasteiger partial charge in [0, 0.05) is 45.4 Å². The summed E-state index contributed by atoms with van der Waals surface area (Å²) in [6.45, 7) is 8.97. The zero-order chi connectivity index (χ0) is 20.4. The molecule has 1 aliphatic rings. The molecule has 154 valence electrons. The topological polar surface area (TPSA) is 105 Å². The predicted molar refractivity (Wildman–Crippen MR) is 101 cm³/mol. The lowest BCUT2D eigenvalue weighted by atomic mass is 9.96. The van der Waals surface area contributed by atoms with Gasteiger partial charge in [-0.25, -0.2) is 4.79 Å². The smallest absolute Gasteiger partial charge is 0.407 e. The van der Waals surface area contributed by atoms with Crippen LogP contribution in [0.3, 0.4) is 0 Å². The number of carbonyl (C=O) groups excluding carboxylic acids is 4. The number of amides is 3. The molecule has 2 N–H and O–H groups in total. The molecule has 1 fully saturated rings. The van der Waals surface area contributed by atoms with Crippen LogP contribution in [0.4, 0.5) is 4.79 Å². The van der Waals surface area contributed by atoms with E-state index in [2.05, 4.69) is 10.6 Å². The summed E-state index contributed by atoms with van der Waals surface area (Å²) < 4.78 is 5.13. The van der Waals surface area contributed by atoms with Crippen LogP contribution < -0.4 is 10.6 Å². The molecule has 1 saturated heterocycles. The number of rotatable bonds is 8. The number of Topliss-reactive ketones (excluding diaryl/α,β-unsaturated/α-hetero) is 1. The highest BCUT2D eigenvalue weighted by atomic mass is 16.6. The molecule has 8 heteroatoms. The highest BCUT2D eigenvalue weighted by molar-refractivity contribution is 5.83. The monoisotopic (exact) mass is 383 g/mol. The van der Waals surface area contributed by atoms with Gasteiger partial charge >= 0.3 is 6.09 Å². The second-order valence-electron chi connectivity index (χ2n) is 8.01. The van der Waals surface area contributed by atoms with Gasteiger partial charge in [0.15, 0.2) is 0 Å². The van der Waals surface area contributed by atoms with Crippen LogP contribution in [0.1, 0.15) is 59.8 Å². The minimum absolute atomic E-state index is 0.00926. The lowest BCUT2D eigenvalue weighted by Gasteiger charge is -2.32. The van der Waals surface area contributed by atoms with E-state index < -0.39 is 11.7 Å². The molecule has 0 radical (unpaired) electrons. The summed E-state index contributed by atoms with van der Waals surface area (Å²) in [6, 6.07) is 0. The van der Waals surface area contributed by atoms with Crippen LogP contribution in [-0.2, 0) is 19.1 Å². The quantitative estimate of drug-likeness (QED) is 0.663. The van der Waals surface area contributed by atoms with Crippen molar-refractivity contribution in [2.45, 2.75) is 65.4 Å². The summed E-state index contributed by atoms with van der Waals surface area (Å²) in [5.74, 6) is 0.264. The number of ketones is 1. The normalized spacial score (nSPS) is 15.2. The van der Waals surface area contributed by atoms with Gasteiger partial charge in [0.1, 0.15) is 11.4 Å². The van der Waals surface area contributed by atoms with Crippen LogP contribution in [0.5, 0.6) is 0 Å². The number of hydrogen-bond acceptors (Lipinski definition) is 5. The molecule has 0 spiro atoms. The van der Waals surface area contributed by atoms with Crippen molar-refractivity contribution in [2.24, 2.45) is 5.92 Å². The first-order valence-electron chi connectivity index (χ1n) is 9.57. The summed E-state index contributed by atoms with van der Waals surface area (Å²) in [7, 11) is 0. The summed E-state index contributed by atoms with van der Waals surface area (Å²) in [5.41, 5.74) is -0.558. The fourth-order valence-corrected chi connectivity index (χ4v) is 2.77. The van der Waals surface area contributed by atoms with Crippen molar-refractivity contribution >= 4 is 23.7 Å². The van der Waals surface area contributed by atoms with Gasteiger partial charge in [0.2, 0.25) is 11.8 Å². The second-order valence-corrected chi connectivity index (χ2v) is 8.01. The third-order valence-corrected chi connectivity index (χ3v) is 4.27. The minimum Gasteiger partial charge on any atom is -0.444 e. The van der Waals surface area contributed by atoms with Gasteiger partial charge in [-0.15, -0.1) is 0 Å². The third-order valence-electron chi connectivity index (χ3n) is 4.27. The molecule has 0 aliphatic carbocycles. The summed E-state index contributed by atoms with van der Waals surface area (Å²) in [6.07, 6.45) is 1.89. The minimum atomic E-state index is -0.558. The Hall–Kier alpha value is -2.12. The van der Waals surface area contributed by atoms with Crippen molar-refractivity contribution in [2.75, 3.05) is 26.2 Å². The number of likely N-dealkylation sites (tertiary alicyclic amines) is 1. The average Bonchev–Trinajstić information content (AvgIpc) is 2.56. The Morgan fingerprint density at radius 1 is 1.00 bits per heavy atom. The Labute approximate surface area is 161 Å². The van der Waals surface area contributed by atoms with Crippen LogP contribution in [0.25, 0.3) is 0 Å². The lowest BCUT2D eigenvalue weighted by Crippen LogP contribution is -2.42. The van der Waals surface area contributed by atoms with Gasteiger partial charge in [0.25, 0.3) is 0 Å². The Kier molecular flexibility index (Phi) is 9.25. The maximum atomic E-state index is 12.2. The van der Waals surface area contributed by atoms with E-state index in [1.165, 1.54) is 6.92 Å². The maximum absolute atomic E-state index is 12.2. The zero-order valence-corrected chi connectivity index (χ0v) is 16.9. The van der Waals surface area contributed by atoms with Crippen molar-refractivity contribution in [1.29, 1.82) is 0 Å². The number of hydrogen-bond donors (Lipinski definition) is 2. The van der Waals surface area contributed by atoms with Crippen LogP contribution >= 0.6 is 0 Å². The van der Waals surface area contributed by atoms with Crippen LogP contribution in [-0.4, -0.2) is 60.4 Å². The van der Waals surface area contributed by atoms with E-state index in [0.29, 0.717) is 25.6 Å². The first-order valence-corrected chi connectivity index (χ1v) is 9.57.